The Morgan fingerprint density at radius 2 is 2.00 bits per heavy atom. The van der Waals surface area contributed by atoms with E-state index in [2.05, 4.69) is 5.32 Å². The predicted molar refractivity (Wildman–Crippen MR) is 100 cm³/mol. The topological polar surface area (TPSA) is 41.6 Å². The maximum atomic E-state index is 12.5. The Morgan fingerprint density at radius 3 is 2.60 bits per heavy atom. The Labute approximate surface area is 157 Å². The van der Waals surface area contributed by atoms with E-state index in [1.54, 1.807) is 7.11 Å². The van der Waals surface area contributed by atoms with E-state index in [1.165, 1.54) is 0 Å². The zero-order valence-corrected chi connectivity index (χ0v) is 15.4. The van der Waals surface area contributed by atoms with E-state index in [0.717, 1.165) is 24.1 Å². The van der Waals surface area contributed by atoms with Crippen LogP contribution in [0.4, 0.5) is 4.79 Å². The first-order chi connectivity index (χ1) is 12.1. The average Bonchev–Trinajstić information content (AvgIpc) is 2.56. The molecule has 2 atom stereocenters. The van der Waals surface area contributed by atoms with Crippen LogP contribution in [0, 0.1) is 0 Å². The normalized spacial score (nSPS) is 17.7. The molecule has 2 aromatic rings. The van der Waals surface area contributed by atoms with Crippen LogP contribution in [-0.2, 0) is 4.74 Å². The van der Waals surface area contributed by atoms with Crippen LogP contribution in [-0.4, -0.2) is 31.1 Å². The monoisotopic (exact) mass is 378 g/mol. The van der Waals surface area contributed by atoms with Gasteiger partial charge in [0.05, 0.1) is 12.1 Å². The molecule has 6 heteroatoms. The molecule has 1 heterocycles. The molecule has 0 radical (unpaired) electrons. The van der Waals surface area contributed by atoms with E-state index in [9.17, 15) is 4.79 Å². The van der Waals surface area contributed by atoms with Crippen molar-refractivity contribution in [2.24, 2.45) is 0 Å². The molecule has 1 aliphatic heterocycles. The third-order valence-corrected chi connectivity index (χ3v) is 4.97. The second-order valence-electron chi connectivity index (χ2n) is 6.01. The molecule has 0 aromatic heterocycles. The zero-order chi connectivity index (χ0) is 17.8. The highest BCUT2D eigenvalue weighted by Gasteiger charge is 2.33. The van der Waals surface area contributed by atoms with Crippen LogP contribution in [0.25, 0.3) is 0 Å². The van der Waals surface area contributed by atoms with Crippen molar-refractivity contribution >= 4 is 29.2 Å². The Morgan fingerprint density at radius 1 is 1.24 bits per heavy atom. The van der Waals surface area contributed by atoms with Crippen molar-refractivity contribution in [2.45, 2.75) is 18.6 Å². The van der Waals surface area contributed by atoms with Crippen molar-refractivity contribution in [2.75, 3.05) is 20.2 Å². The van der Waals surface area contributed by atoms with Crippen molar-refractivity contribution in [3.63, 3.8) is 0 Å². The molecule has 3 rings (SSSR count). The third kappa shape index (κ3) is 4.27. The Bertz CT molecular complexity index is 736. The average molecular weight is 379 g/mol. The Balaban J connectivity index is 1.59. The maximum absolute atomic E-state index is 12.5. The summed E-state index contributed by atoms with van der Waals surface area (Å²) >= 11 is 12.0. The van der Waals surface area contributed by atoms with Crippen molar-refractivity contribution in [3.05, 3.63) is 69.7 Å². The quantitative estimate of drug-likeness (QED) is 0.808. The molecule has 0 spiro atoms. The van der Waals surface area contributed by atoms with E-state index in [0.29, 0.717) is 16.6 Å². The second-order valence-corrected chi connectivity index (χ2v) is 6.89. The van der Waals surface area contributed by atoms with Crippen LogP contribution in [0.2, 0.25) is 10.0 Å². The van der Waals surface area contributed by atoms with E-state index < -0.39 is 0 Å². The number of carbonyl (C=O) groups excluding carboxylic acids is 1. The van der Waals surface area contributed by atoms with Crippen LogP contribution in [0.1, 0.15) is 29.7 Å². The number of urea groups is 1. The number of likely N-dealkylation sites (tertiary alicyclic amines) is 1. The first-order valence-corrected chi connectivity index (χ1v) is 8.92. The van der Waals surface area contributed by atoms with Crippen LogP contribution >= 0.6 is 23.2 Å². The van der Waals surface area contributed by atoms with Crippen LogP contribution in [0.3, 0.4) is 0 Å². The lowest BCUT2D eigenvalue weighted by Gasteiger charge is -2.41. The zero-order valence-electron chi connectivity index (χ0n) is 13.9. The summed E-state index contributed by atoms with van der Waals surface area (Å²) in [6.07, 6.45) is 0.717. The molecular weight excluding hydrogens is 359 g/mol. The molecule has 4 nitrogen and oxygen atoms in total. The standard InChI is InChI=1S/C19H20Cl2N2O2/c1-25-18(14-3-2-4-16(21)11-14)12-22-19(24)23-10-9-17(23)13-5-7-15(20)8-6-13/h2-8,11,17-18H,9-10,12H2,1H3,(H,22,24). The molecule has 2 unspecified atom stereocenters. The molecule has 2 amide bonds. The number of nitrogens with one attached hydrogen (secondary N) is 1. The summed E-state index contributed by atoms with van der Waals surface area (Å²) in [4.78, 5) is 14.3. The van der Waals surface area contributed by atoms with Gasteiger partial charge in [-0.25, -0.2) is 4.79 Å². The molecule has 0 bridgehead atoms. The number of rotatable bonds is 5. The van der Waals surface area contributed by atoms with Gasteiger partial charge in [0.2, 0.25) is 0 Å². The number of carbonyl (C=O) groups is 1. The number of ether oxygens (including phenoxy) is 1. The molecule has 0 aliphatic carbocycles. The molecular formula is C19H20Cl2N2O2. The predicted octanol–water partition coefficient (Wildman–Crippen LogP) is 4.84. The minimum absolute atomic E-state index is 0.0877. The van der Waals surface area contributed by atoms with E-state index in [4.69, 9.17) is 27.9 Å². The van der Waals surface area contributed by atoms with Gasteiger partial charge in [-0.2, -0.15) is 0 Å². The summed E-state index contributed by atoms with van der Waals surface area (Å²) in [6.45, 7) is 1.13. The number of benzene rings is 2. The second kappa shape index (κ2) is 8.09. The van der Waals surface area contributed by atoms with Crippen LogP contribution in [0.15, 0.2) is 48.5 Å². The van der Waals surface area contributed by atoms with E-state index >= 15 is 0 Å². The Hall–Kier alpha value is -1.75. The summed E-state index contributed by atoms with van der Waals surface area (Å²) in [7, 11) is 1.62. The van der Waals surface area contributed by atoms with Gasteiger partial charge in [0.15, 0.2) is 0 Å². The molecule has 1 aliphatic rings. The highest BCUT2D eigenvalue weighted by atomic mass is 35.5. The molecule has 0 saturated carbocycles. The smallest absolute Gasteiger partial charge is 0.318 e. The number of hydrogen-bond acceptors (Lipinski definition) is 2. The fraction of sp³-hybridized carbons (Fsp3) is 0.316. The largest absolute Gasteiger partial charge is 0.375 e. The van der Waals surface area contributed by atoms with Gasteiger partial charge in [-0.05, 0) is 41.8 Å². The summed E-state index contributed by atoms with van der Waals surface area (Å²) in [5.74, 6) is 0. The van der Waals surface area contributed by atoms with Crippen molar-refractivity contribution < 1.29 is 9.53 Å². The SMILES string of the molecule is COC(CNC(=O)N1CCC1c1ccc(Cl)cc1)c1cccc(Cl)c1. The summed E-state index contributed by atoms with van der Waals surface area (Å²) in [6, 6.07) is 15.1. The van der Waals surface area contributed by atoms with Gasteiger partial charge in [0.25, 0.3) is 0 Å². The van der Waals surface area contributed by atoms with Crippen LogP contribution in [0.5, 0.6) is 0 Å². The van der Waals surface area contributed by atoms with Gasteiger partial charge in [-0.15, -0.1) is 0 Å². The van der Waals surface area contributed by atoms with Crippen molar-refractivity contribution in [1.82, 2.24) is 10.2 Å². The van der Waals surface area contributed by atoms with Gasteiger partial charge in [0.1, 0.15) is 0 Å². The molecule has 1 N–H and O–H groups in total. The molecule has 25 heavy (non-hydrogen) atoms. The van der Waals surface area contributed by atoms with E-state index in [-0.39, 0.29) is 18.2 Å². The highest BCUT2D eigenvalue weighted by Crippen LogP contribution is 2.33. The fourth-order valence-corrected chi connectivity index (χ4v) is 3.31. The minimum Gasteiger partial charge on any atom is -0.375 e. The molecule has 132 valence electrons. The lowest BCUT2D eigenvalue weighted by molar-refractivity contribution is 0.0890. The number of hydrogen-bond donors (Lipinski definition) is 1. The molecule has 1 fully saturated rings. The summed E-state index contributed by atoms with van der Waals surface area (Å²) < 4.78 is 5.49. The lowest BCUT2D eigenvalue weighted by atomic mass is 9.95. The highest BCUT2D eigenvalue weighted by molar-refractivity contribution is 6.30. The fourth-order valence-electron chi connectivity index (χ4n) is 2.99. The number of halogens is 2. The van der Waals surface area contributed by atoms with Gasteiger partial charge >= 0.3 is 6.03 Å². The number of nitrogens with zero attached hydrogens (tertiary/aromatic N) is 1. The minimum atomic E-state index is -0.238. The summed E-state index contributed by atoms with van der Waals surface area (Å²) in [5.41, 5.74) is 2.04. The van der Waals surface area contributed by atoms with Gasteiger partial charge in [-0.1, -0.05) is 47.5 Å². The summed E-state index contributed by atoms with van der Waals surface area (Å²) in [5, 5.41) is 4.30. The molecule has 1 saturated heterocycles. The first-order valence-electron chi connectivity index (χ1n) is 8.16. The van der Waals surface area contributed by atoms with Gasteiger partial charge in [-0.3, -0.25) is 0 Å². The molecule has 2 aromatic carbocycles. The first kappa shape index (κ1) is 18.1. The third-order valence-electron chi connectivity index (χ3n) is 4.48. The van der Waals surface area contributed by atoms with Crippen LogP contribution < -0.4 is 5.32 Å². The van der Waals surface area contributed by atoms with Crippen molar-refractivity contribution in [1.29, 1.82) is 0 Å². The van der Waals surface area contributed by atoms with Gasteiger partial charge in [0, 0.05) is 30.2 Å². The lowest BCUT2D eigenvalue weighted by Crippen LogP contribution is -2.50. The number of amides is 2. The van der Waals surface area contributed by atoms with Gasteiger partial charge < -0.3 is 15.0 Å². The van der Waals surface area contributed by atoms with Crippen molar-refractivity contribution in [3.8, 4) is 0 Å². The number of methoxy groups -OCH3 is 1. The van der Waals surface area contributed by atoms with E-state index in [1.807, 2.05) is 53.4 Å². The maximum Gasteiger partial charge on any atom is 0.318 e. The Kier molecular flexibility index (Phi) is 5.84.